The summed E-state index contributed by atoms with van der Waals surface area (Å²) in [5.74, 6) is 0.483. The van der Waals surface area contributed by atoms with Crippen LogP contribution in [-0.2, 0) is 10.8 Å². The number of aryl methyl sites for hydroxylation is 1. The largest absolute Gasteiger partial charge is 0.310 e. The van der Waals surface area contributed by atoms with Crippen molar-refractivity contribution in [1.82, 2.24) is 0 Å². The third-order valence-corrected chi connectivity index (χ3v) is 18.9. The van der Waals surface area contributed by atoms with Crippen LogP contribution in [-0.4, -0.2) is 0 Å². The molecule has 0 spiro atoms. The molecule has 0 radical (unpaired) electrons. The second-order valence-corrected chi connectivity index (χ2v) is 26.8. The standard InChI is InChI=1S/C83H72N2S/c1-53-36-38-59(39-37-53)81-68-35-22-20-33-66(68)79(57-26-15-11-16-27-57)70-44-42-64(51-72(70)81)85(76-52-86-77-45-40-61(49-73(76)77)83(7,8)9)75-47-54(2)46-74(55(75)3)84(62-31-23-30-60(48-62)82(4,5)6)63-41-43-69-71(50-63)80(58-28-17-12-18-29-58)67-34-21-19-32-65(67)78(69)56-24-13-10-14-25-56/h10-36,38-53H,37H2,1-9H3. The summed E-state index contributed by atoms with van der Waals surface area (Å²) < 4.78 is 1.27. The molecule has 1 aromatic heterocycles. The van der Waals surface area contributed by atoms with Gasteiger partial charge < -0.3 is 9.80 Å². The Labute approximate surface area is 511 Å². The number of hydrogen-bond acceptors (Lipinski definition) is 3. The number of fused-ring (bicyclic) bond motifs is 5. The van der Waals surface area contributed by atoms with Gasteiger partial charge in [-0.3, -0.25) is 0 Å². The summed E-state index contributed by atoms with van der Waals surface area (Å²) >= 11 is 1.83. The van der Waals surface area contributed by atoms with E-state index in [0.717, 1.165) is 34.9 Å². The Hall–Kier alpha value is -9.28. The van der Waals surface area contributed by atoms with E-state index in [0.29, 0.717) is 5.92 Å². The molecule has 1 atom stereocenters. The van der Waals surface area contributed by atoms with Crippen LogP contribution in [0.5, 0.6) is 0 Å². The van der Waals surface area contributed by atoms with Crippen molar-refractivity contribution in [3.05, 3.63) is 282 Å². The van der Waals surface area contributed by atoms with Gasteiger partial charge in [-0.15, -0.1) is 11.3 Å². The molecule has 1 heterocycles. The quantitative estimate of drug-likeness (QED) is 0.126. The number of benzene rings is 12. The van der Waals surface area contributed by atoms with Crippen LogP contribution in [0.2, 0.25) is 0 Å². The first-order valence-electron chi connectivity index (χ1n) is 30.5. The highest BCUT2D eigenvalue weighted by Crippen LogP contribution is 2.53. The van der Waals surface area contributed by atoms with Gasteiger partial charge in [0.05, 0.1) is 17.1 Å². The molecule has 0 aliphatic heterocycles. The Kier molecular flexibility index (Phi) is 13.8. The molecule has 0 fully saturated rings. The van der Waals surface area contributed by atoms with E-state index >= 15 is 0 Å². The first kappa shape index (κ1) is 54.6. The van der Waals surface area contributed by atoms with E-state index < -0.39 is 0 Å². The Morgan fingerprint density at radius 1 is 0.384 bits per heavy atom. The Balaban J connectivity index is 1.07. The van der Waals surface area contributed by atoms with Crippen LogP contribution in [0.25, 0.3) is 92.1 Å². The fraction of sp³-hybridized carbons (Fsp3) is 0.157. The molecule has 1 unspecified atom stereocenters. The molecule has 2 nitrogen and oxygen atoms in total. The maximum Gasteiger partial charge on any atom is 0.0647 e. The van der Waals surface area contributed by atoms with E-state index in [-0.39, 0.29) is 10.8 Å². The van der Waals surface area contributed by atoms with Crippen molar-refractivity contribution >= 4 is 104 Å². The zero-order chi connectivity index (χ0) is 59.0. The highest BCUT2D eigenvalue weighted by Gasteiger charge is 2.29. The van der Waals surface area contributed by atoms with Gasteiger partial charge in [0.1, 0.15) is 0 Å². The summed E-state index contributed by atoms with van der Waals surface area (Å²) in [5, 5.41) is 13.6. The maximum absolute atomic E-state index is 2.60. The summed E-state index contributed by atoms with van der Waals surface area (Å²) in [4.78, 5) is 5.15. The van der Waals surface area contributed by atoms with Crippen molar-refractivity contribution in [3.63, 3.8) is 0 Å². The average molecular weight is 1130 g/mol. The van der Waals surface area contributed by atoms with Crippen LogP contribution in [0.4, 0.5) is 34.1 Å². The van der Waals surface area contributed by atoms with Crippen LogP contribution >= 0.6 is 11.3 Å². The molecule has 0 amide bonds. The molecule has 0 saturated heterocycles. The normalized spacial score (nSPS) is 13.7. The van der Waals surface area contributed by atoms with Gasteiger partial charge in [-0.25, -0.2) is 0 Å². The van der Waals surface area contributed by atoms with Gasteiger partial charge in [-0.1, -0.05) is 237 Å². The lowest BCUT2D eigenvalue weighted by Gasteiger charge is -2.33. The lowest BCUT2D eigenvalue weighted by atomic mass is 9.83. The van der Waals surface area contributed by atoms with Crippen molar-refractivity contribution in [3.8, 4) is 33.4 Å². The van der Waals surface area contributed by atoms with Crippen LogP contribution in [0, 0.1) is 19.8 Å². The first-order chi connectivity index (χ1) is 41.7. The topological polar surface area (TPSA) is 6.48 Å². The van der Waals surface area contributed by atoms with Crippen LogP contribution in [0.15, 0.2) is 254 Å². The summed E-state index contributed by atoms with van der Waals surface area (Å²) in [5.41, 5.74) is 21.5. The van der Waals surface area contributed by atoms with Gasteiger partial charge in [0, 0.05) is 32.5 Å². The molecular formula is C83H72N2S. The van der Waals surface area contributed by atoms with Crippen LogP contribution in [0.3, 0.4) is 0 Å². The van der Waals surface area contributed by atoms with Crippen LogP contribution in [0.1, 0.15) is 82.7 Å². The van der Waals surface area contributed by atoms with Crippen molar-refractivity contribution in [2.75, 3.05) is 9.80 Å². The molecule has 14 rings (SSSR count). The molecule has 0 bridgehead atoms. The van der Waals surface area contributed by atoms with E-state index in [1.54, 1.807) is 0 Å². The van der Waals surface area contributed by atoms with Crippen molar-refractivity contribution in [2.24, 2.45) is 5.92 Å². The molecule has 13 aromatic rings. The average Bonchev–Trinajstić information content (AvgIpc) is 0.941. The minimum atomic E-state index is -0.0904. The molecule has 0 saturated carbocycles. The Bertz CT molecular complexity index is 4840. The van der Waals surface area contributed by atoms with Gasteiger partial charge in [-0.2, -0.15) is 0 Å². The minimum absolute atomic E-state index is 0.0490. The molecule has 1 aliphatic rings. The first-order valence-corrected chi connectivity index (χ1v) is 31.4. The summed E-state index contributed by atoms with van der Waals surface area (Å²) in [7, 11) is 0. The van der Waals surface area contributed by atoms with Crippen LogP contribution < -0.4 is 9.80 Å². The number of allylic oxidation sites excluding steroid dienone is 4. The molecule has 0 N–H and O–H groups in total. The minimum Gasteiger partial charge on any atom is -0.310 e. The van der Waals surface area contributed by atoms with Gasteiger partial charge in [0.15, 0.2) is 0 Å². The highest BCUT2D eigenvalue weighted by molar-refractivity contribution is 7.17. The molecule has 1 aliphatic carbocycles. The molecule has 86 heavy (non-hydrogen) atoms. The Morgan fingerprint density at radius 3 is 1.36 bits per heavy atom. The predicted molar refractivity (Wildman–Crippen MR) is 375 cm³/mol. The van der Waals surface area contributed by atoms with E-state index in [1.807, 2.05) is 11.3 Å². The van der Waals surface area contributed by atoms with Crippen molar-refractivity contribution in [1.29, 1.82) is 0 Å². The Morgan fingerprint density at radius 2 is 0.837 bits per heavy atom. The molecule has 420 valence electrons. The van der Waals surface area contributed by atoms with Gasteiger partial charge in [0.2, 0.25) is 0 Å². The zero-order valence-electron chi connectivity index (χ0n) is 50.8. The van der Waals surface area contributed by atoms with E-state index in [9.17, 15) is 0 Å². The lowest BCUT2D eigenvalue weighted by Crippen LogP contribution is -2.17. The van der Waals surface area contributed by atoms with Gasteiger partial charge in [0.25, 0.3) is 0 Å². The summed E-state index contributed by atoms with van der Waals surface area (Å²) in [6.07, 6.45) is 8.24. The summed E-state index contributed by atoms with van der Waals surface area (Å²) in [6.45, 7) is 20.9. The van der Waals surface area contributed by atoms with Crippen molar-refractivity contribution in [2.45, 2.75) is 79.6 Å². The van der Waals surface area contributed by atoms with Crippen molar-refractivity contribution < 1.29 is 0 Å². The SMILES string of the molecule is Cc1cc(N(c2cccc(C(C)(C)C)c2)c2ccc3c(-c4ccccc4)c4ccccc4c(-c4ccccc4)c3c2)c(C)c(N(c2ccc3c(-c4ccccc4)c4ccccc4c(C4=CCC(C)C=C4)c3c2)c2csc3ccc(C(C)(C)C)cc23)c1. The zero-order valence-corrected chi connectivity index (χ0v) is 51.7. The smallest absolute Gasteiger partial charge is 0.0647 e. The number of hydrogen-bond donors (Lipinski definition) is 0. The second kappa shape index (κ2) is 21.7. The lowest BCUT2D eigenvalue weighted by molar-refractivity contribution is 0.590. The predicted octanol–water partition coefficient (Wildman–Crippen LogP) is 24.6. The van der Waals surface area contributed by atoms with Gasteiger partial charge >= 0.3 is 0 Å². The number of thiophene rings is 1. The highest BCUT2D eigenvalue weighted by atomic mass is 32.1. The monoisotopic (exact) mass is 1130 g/mol. The maximum atomic E-state index is 2.60. The van der Waals surface area contributed by atoms with E-state index in [2.05, 4.69) is 326 Å². The fourth-order valence-corrected chi connectivity index (χ4v) is 14.4. The molecular weight excluding hydrogens is 1060 g/mol. The van der Waals surface area contributed by atoms with Gasteiger partial charge in [-0.05, 0) is 208 Å². The number of nitrogens with zero attached hydrogens (tertiary/aromatic N) is 2. The fourth-order valence-electron chi connectivity index (χ4n) is 13.5. The third-order valence-electron chi connectivity index (χ3n) is 17.9. The van der Waals surface area contributed by atoms with E-state index in [1.165, 1.54) is 126 Å². The molecule has 3 heteroatoms. The summed E-state index contributed by atoms with van der Waals surface area (Å²) in [6, 6.07) is 86.9. The van der Waals surface area contributed by atoms with E-state index in [4.69, 9.17) is 0 Å². The second-order valence-electron chi connectivity index (χ2n) is 25.9. The number of anilines is 6. The third kappa shape index (κ3) is 9.69. The number of rotatable bonds is 10. The molecule has 12 aromatic carbocycles.